The first-order chi connectivity index (χ1) is 15.0. The minimum Gasteiger partial charge on any atom is -0.442 e. The maximum absolute atomic E-state index is 14.9. The zero-order valence-corrected chi connectivity index (χ0v) is 18.2. The monoisotopic (exact) mass is 444 g/mol. The van der Waals surface area contributed by atoms with Gasteiger partial charge in [0.25, 0.3) is 0 Å². The van der Waals surface area contributed by atoms with Gasteiger partial charge in [-0.1, -0.05) is 6.92 Å². The van der Waals surface area contributed by atoms with Gasteiger partial charge in [0.15, 0.2) is 0 Å². The van der Waals surface area contributed by atoms with Gasteiger partial charge in [-0.3, -0.25) is 9.69 Å². The Balaban J connectivity index is 1.44. The summed E-state index contributed by atoms with van der Waals surface area (Å²) in [7, 11) is 0. The van der Waals surface area contributed by atoms with E-state index >= 15 is 0 Å². The molecule has 2 aromatic rings. The number of anilines is 2. The molecular formula is C22H25FN4O3S. The van der Waals surface area contributed by atoms with Gasteiger partial charge in [-0.2, -0.15) is 11.8 Å². The molecule has 2 saturated heterocycles. The fraction of sp³-hybridized carbons (Fsp3) is 0.409. The van der Waals surface area contributed by atoms with E-state index in [4.69, 9.17) is 4.74 Å². The Labute approximate surface area is 185 Å². The Morgan fingerprint density at radius 2 is 2.10 bits per heavy atom. The van der Waals surface area contributed by atoms with Crippen molar-refractivity contribution in [3.8, 4) is 11.1 Å². The number of nitrogens with one attached hydrogen (secondary N) is 1. The number of ether oxygens (including phenoxy) is 1. The van der Waals surface area contributed by atoms with Crippen LogP contribution in [-0.4, -0.2) is 60.8 Å². The van der Waals surface area contributed by atoms with E-state index in [9.17, 15) is 14.0 Å². The highest BCUT2D eigenvalue weighted by Crippen LogP contribution is 2.29. The first kappa shape index (κ1) is 21.4. The summed E-state index contributed by atoms with van der Waals surface area (Å²) >= 11 is 1.94. The number of carbonyl (C=O) groups excluding carboxylic acids is 2. The number of hydrogen-bond donors (Lipinski definition) is 1. The van der Waals surface area contributed by atoms with Crippen LogP contribution in [0.1, 0.15) is 13.3 Å². The molecule has 0 aliphatic carbocycles. The van der Waals surface area contributed by atoms with Crippen LogP contribution in [-0.2, 0) is 9.53 Å². The molecule has 0 saturated carbocycles. The summed E-state index contributed by atoms with van der Waals surface area (Å²) in [4.78, 5) is 31.7. The molecule has 1 aromatic heterocycles. The van der Waals surface area contributed by atoms with Crippen molar-refractivity contribution in [2.75, 3.05) is 47.5 Å². The Bertz CT molecular complexity index is 950. The van der Waals surface area contributed by atoms with Crippen molar-refractivity contribution in [3.05, 3.63) is 42.3 Å². The first-order valence-electron chi connectivity index (χ1n) is 10.4. The van der Waals surface area contributed by atoms with Gasteiger partial charge < -0.3 is 15.0 Å². The maximum Gasteiger partial charge on any atom is 0.414 e. The van der Waals surface area contributed by atoms with Gasteiger partial charge in [0, 0.05) is 48.3 Å². The third kappa shape index (κ3) is 4.92. The number of halogens is 1. The molecule has 31 heavy (non-hydrogen) atoms. The fourth-order valence-corrected chi connectivity index (χ4v) is 4.53. The molecule has 2 fully saturated rings. The van der Waals surface area contributed by atoms with Gasteiger partial charge in [-0.05, 0) is 30.3 Å². The van der Waals surface area contributed by atoms with Crippen LogP contribution in [0.25, 0.3) is 11.1 Å². The summed E-state index contributed by atoms with van der Waals surface area (Å²) in [5.74, 6) is 2.54. The van der Waals surface area contributed by atoms with Crippen LogP contribution in [0.3, 0.4) is 0 Å². The molecular weight excluding hydrogens is 419 g/mol. The zero-order valence-electron chi connectivity index (χ0n) is 17.3. The topological polar surface area (TPSA) is 74.8 Å². The van der Waals surface area contributed by atoms with Gasteiger partial charge >= 0.3 is 6.09 Å². The number of aromatic nitrogens is 1. The van der Waals surface area contributed by atoms with Gasteiger partial charge in [0.05, 0.1) is 18.8 Å². The average molecular weight is 445 g/mol. The Morgan fingerprint density at radius 1 is 1.29 bits per heavy atom. The van der Waals surface area contributed by atoms with Crippen molar-refractivity contribution >= 4 is 35.3 Å². The number of pyridine rings is 1. The van der Waals surface area contributed by atoms with E-state index in [0.29, 0.717) is 23.2 Å². The van der Waals surface area contributed by atoms with Crippen molar-refractivity contribution in [3.63, 3.8) is 0 Å². The van der Waals surface area contributed by atoms with Crippen molar-refractivity contribution < 1.29 is 18.7 Å². The quantitative estimate of drug-likeness (QED) is 0.737. The molecule has 0 unspecified atom stereocenters. The van der Waals surface area contributed by atoms with Crippen LogP contribution < -0.4 is 15.1 Å². The SMILES string of the molecule is CCC(=O)NC[C@H]1CN(c2ccc(-c3ccc(N4CCSCC4)nc3)c(F)c2)C(=O)O1. The zero-order chi connectivity index (χ0) is 21.8. The Morgan fingerprint density at radius 3 is 2.77 bits per heavy atom. The Kier molecular flexibility index (Phi) is 6.60. The van der Waals surface area contributed by atoms with E-state index in [2.05, 4.69) is 15.2 Å². The predicted molar refractivity (Wildman–Crippen MR) is 120 cm³/mol. The van der Waals surface area contributed by atoms with Gasteiger partial charge in [0.1, 0.15) is 17.7 Å². The molecule has 9 heteroatoms. The molecule has 2 amide bonds. The number of cyclic esters (lactones) is 1. The second-order valence-corrected chi connectivity index (χ2v) is 8.67. The smallest absolute Gasteiger partial charge is 0.414 e. The van der Waals surface area contributed by atoms with Crippen LogP contribution in [0.5, 0.6) is 0 Å². The molecule has 164 valence electrons. The normalized spacial score (nSPS) is 18.8. The Hall–Kier alpha value is -2.81. The maximum atomic E-state index is 14.9. The van der Waals surface area contributed by atoms with Crippen LogP contribution in [0.15, 0.2) is 36.5 Å². The highest BCUT2D eigenvalue weighted by atomic mass is 32.2. The van der Waals surface area contributed by atoms with E-state index in [0.717, 1.165) is 30.4 Å². The number of carbonyl (C=O) groups is 2. The average Bonchev–Trinajstić information content (AvgIpc) is 3.18. The molecule has 0 radical (unpaired) electrons. The lowest BCUT2D eigenvalue weighted by molar-refractivity contribution is -0.121. The molecule has 4 rings (SSSR count). The van der Waals surface area contributed by atoms with Gasteiger partial charge in [-0.15, -0.1) is 0 Å². The lowest BCUT2D eigenvalue weighted by atomic mass is 10.1. The van der Waals surface area contributed by atoms with Crippen LogP contribution in [0.4, 0.5) is 20.7 Å². The number of amides is 2. The minimum atomic E-state index is -0.548. The summed E-state index contributed by atoms with van der Waals surface area (Å²) in [5, 5.41) is 2.71. The number of benzene rings is 1. The van der Waals surface area contributed by atoms with Crippen molar-refractivity contribution in [2.45, 2.75) is 19.4 Å². The number of rotatable bonds is 6. The van der Waals surface area contributed by atoms with Crippen molar-refractivity contribution in [2.24, 2.45) is 0 Å². The van der Waals surface area contributed by atoms with E-state index in [1.165, 1.54) is 11.0 Å². The molecule has 3 heterocycles. The molecule has 1 N–H and O–H groups in total. The van der Waals surface area contributed by atoms with E-state index in [1.807, 2.05) is 23.9 Å². The number of nitrogens with zero attached hydrogens (tertiary/aromatic N) is 3. The lowest BCUT2D eigenvalue weighted by Gasteiger charge is -2.27. The third-order valence-corrected chi connectivity index (χ3v) is 6.32. The second kappa shape index (κ2) is 9.55. The fourth-order valence-electron chi connectivity index (χ4n) is 3.62. The second-order valence-electron chi connectivity index (χ2n) is 7.44. The summed E-state index contributed by atoms with van der Waals surface area (Å²) < 4.78 is 20.2. The number of thioether (sulfide) groups is 1. The summed E-state index contributed by atoms with van der Waals surface area (Å²) in [6.45, 7) is 4.18. The molecule has 2 aliphatic rings. The summed E-state index contributed by atoms with van der Waals surface area (Å²) in [6, 6.07) is 8.48. The standard InChI is InChI=1S/C22H25FN4O3S/c1-2-21(28)25-13-17-14-27(22(29)30-17)16-4-5-18(19(23)11-16)15-3-6-20(24-12-15)26-7-9-31-10-8-26/h3-6,11-12,17H,2,7-10,13-14H2,1H3,(H,25,28)/t17-/m0/s1. The van der Waals surface area contributed by atoms with Crippen LogP contribution in [0, 0.1) is 5.82 Å². The molecule has 0 spiro atoms. The van der Waals surface area contributed by atoms with Crippen LogP contribution in [0.2, 0.25) is 0 Å². The predicted octanol–water partition coefficient (Wildman–Crippen LogP) is 3.29. The largest absolute Gasteiger partial charge is 0.442 e. The highest BCUT2D eigenvalue weighted by Gasteiger charge is 2.32. The third-order valence-electron chi connectivity index (χ3n) is 5.38. The summed E-state index contributed by atoms with van der Waals surface area (Å²) in [6.07, 6.45) is 1.04. The van der Waals surface area contributed by atoms with E-state index < -0.39 is 18.0 Å². The van der Waals surface area contributed by atoms with E-state index in [1.54, 1.807) is 25.3 Å². The van der Waals surface area contributed by atoms with E-state index in [-0.39, 0.29) is 19.0 Å². The van der Waals surface area contributed by atoms with Gasteiger partial charge in [-0.25, -0.2) is 14.2 Å². The highest BCUT2D eigenvalue weighted by molar-refractivity contribution is 7.99. The molecule has 7 nitrogen and oxygen atoms in total. The minimum absolute atomic E-state index is 0.108. The number of hydrogen-bond acceptors (Lipinski definition) is 6. The molecule has 1 atom stereocenters. The molecule has 1 aromatic carbocycles. The first-order valence-corrected chi connectivity index (χ1v) is 11.5. The van der Waals surface area contributed by atoms with Crippen molar-refractivity contribution in [1.82, 2.24) is 10.3 Å². The van der Waals surface area contributed by atoms with Crippen molar-refractivity contribution in [1.29, 1.82) is 0 Å². The lowest BCUT2D eigenvalue weighted by Crippen LogP contribution is -2.34. The van der Waals surface area contributed by atoms with Crippen LogP contribution >= 0.6 is 11.8 Å². The summed E-state index contributed by atoms with van der Waals surface area (Å²) in [5.41, 5.74) is 1.53. The molecule has 2 aliphatic heterocycles. The van der Waals surface area contributed by atoms with Gasteiger partial charge in [0.2, 0.25) is 5.91 Å². The molecule has 0 bridgehead atoms.